The molecule has 5 N–H and O–H groups in total. The van der Waals surface area contributed by atoms with E-state index in [2.05, 4.69) is 20.3 Å². The van der Waals surface area contributed by atoms with Gasteiger partial charge in [-0.2, -0.15) is 4.68 Å². The zero-order chi connectivity index (χ0) is 15.9. The Labute approximate surface area is 123 Å². The van der Waals surface area contributed by atoms with Crippen LogP contribution in [0, 0.1) is 0 Å². The summed E-state index contributed by atoms with van der Waals surface area (Å²) < 4.78 is 17.6. The van der Waals surface area contributed by atoms with E-state index in [0.29, 0.717) is 5.65 Å². The molecule has 0 saturated carbocycles. The summed E-state index contributed by atoms with van der Waals surface area (Å²) in [6.07, 6.45) is 0.129. The van der Waals surface area contributed by atoms with Gasteiger partial charge in [0.1, 0.15) is 12.4 Å². The van der Waals surface area contributed by atoms with E-state index in [1.165, 1.54) is 17.1 Å². The quantitative estimate of drug-likeness (QED) is 0.520. The molecular formula is C10H13N6O5P. The smallest absolute Gasteiger partial charge is 0.348 e. The maximum absolute atomic E-state index is 10.8. The van der Waals surface area contributed by atoms with E-state index in [4.69, 9.17) is 20.3 Å². The van der Waals surface area contributed by atoms with Gasteiger partial charge in [-0.1, -0.05) is 5.21 Å². The fourth-order valence-electron chi connectivity index (χ4n) is 2.19. The SMILES string of the molecule is Nc1ncnc2c1nnn2[C@@H]1O[C@H](C=CP(=O)(O)O)C[C@H]1O. The van der Waals surface area contributed by atoms with E-state index in [-0.39, 0.29) is 17.8 Å². The van der Waals surface area contributed by atoms with Crippen molar-refractivity contribution in [3.63, 3.8) is 0 Å². The van der Waals surface area contributed by atoms with Gasteiger partial charge >= 0.3 is 7.60 Å². The van der Waals surface area contributed by atoms with Crippen LogP contribution in [0.25, 0.3) is 11.2 Å². The van der Waals surface area contributed by atoms with Gasteiger partial charge in [-0.25, -0.2) is 9.97 Å². The second-order valence-corrected chi connectivity index (χ2v) is 6.24. The van der Waals surface area contributed by atoms with Gasteiger partial charge in [0, 0.05) is 12.2 Å². The van der Waals surface area contributed by atoms with E-state index in [0.717, 1.165) is 5.82 Å². The molecule has 0 unspecified atom stereocenters. The molecule has 0 spiro atoms. The van der Waals surface area contributed by atoms with Gasteiger partial charge in [0.25, 0.3) is 0 Å². The summed E-state index contributed by atoms with van der Waals surface area (Å²) in [6.45, 7) is 0. The van der Waals surface area contributed by atoms with Gasteiger partial charge in [0.05, 0.1) is 6.10 Å². The van der Waals surface area contributed by atoms with E-state index in [1.54, 1.807) is 0 Å². The van der Waals surface area contributed by atoms with Gasteiger partial charge in [-0.05, 0) is 6.08 Å². The van der Waals surface area contributed by atoms with E-state index in [9.17, 15) is 9.67 Å². The Kier molecular flexibility index (Phi) is 3.67. The minimum Gasteiger partial charge on any atom is -0.388 e. The lowest BCUT2D eigenvalue weighted by molar-refractivity contribution is -0.0313. The summed E-state index contributed by atoms with van der Waals surface area (Å²) in [4.78, 5) is 25.4. The number of aliphatic hydroxyl groups excluding tert-OH is 1. The number of fused-ring (bicyclic) bond motifs is 1. The largest absolute Gasteiger partial charge is 0.388 e. The highest BCUT2D eigenvalue weighted by Gasteiger charge is 2.36. The third-order valence-corrected chi connectivity index (χ3v) is 3.70. The molecule has 12 heteroatoms. The van der Waals surface area contributed by atoms with Crippen molar-refractivity contribution in [2.45, 2.75) is 24.9 Å². The lowest BCUT2D eigenvalue weighted by atomic mass is 10.2. The van der Waals surface area contributed by atoms with Crippen LogP contribution in [0.4, 0.5) is 5.82 Å². The van der Waals surface area contributed by atoms with Crippen molar-refractivity contribution in [3.05, 3.63) is 18.2 Å². The fourth-order valence-corrected chi connectivity index (χ4v) is 2.60. The predicted molar refractivity (Wildman–Crippen MR) is 73.2 cm³/mol. The standard InChI is InChI=1S/C10H13N6O5P/c11-8-7-9(13-4-12-8)16(15-14-7)10-6(17)3-5(21-10)1-2-22(18,19)20/h1-2,4-6,10,17H,3H2,(H2,11,12,13)(H2,18,19,20)/t5-,6-,10-/m1/s1. The van der Waals surface area contributed by atoms with Crippen molar-refractivity contribution in [1.82, 2.24) is 25.0 Å². The lowest BCUT2D eigenvalue weighted by Gasteiger charge is -2.14. The van der Waals surface area contributed by atoms with Crippen LogP contribution >= 0.6 is 7.60 Å². The summed E-state index contributed by atoms with van der Waals surface area (Å²) in [5.74, 6) is 0.897. The molecule has 3 atom stereocenters. The van der Waals surface area contributed by atoms with Crippen molar-refractivity contribution in [3.8, 4) is 0 Å². The average molecular weight is 328 g/mol. The van der Waals surface area contributed by atoms with E-state index in [1.807, 2.05) is 0 Å². The molecule has 0 amide bonds. The predicted octanol–water partition coefficient (Wildman–Crippen LogP) is -0.857. The minimum atomic E-state index is -4.28. The molecule has 3 rings (SSSR count). The lowest BCUT2D eigenvalue weighted by Crippen LogP contribution is -2.21. The number of anilines is 1. The van der Waals surface area contributed by atoms with Crippen LogP contribution in [0.5, 0.6) is 0 Å². The van der Waals surface area contributed by atoms with Crippen molar-refractivity contribution >= 4 is 24.6 Å². The number of rotatable bonds is 3. The Balaban J connectivity index is 1.87. The van der Waals surface area contributed by atoms with Crippen LogP contribution in [-0.2, 0) is 9.30 Å². The van der Waals surface area contributed by atoms with Crippen LogP contribution in [0.2, 0.25) is 0 Å². The van der Waals surface area contributed by atoms with Crippen molar-refractivity contribution < 1.29 is 24.2 Å². The summed E-state index contributed by atoms with van der Waals surface area (Å²) in [7, 11) is -4.28. The molecule has 1 aliphatic rings. The number of aliphatic hydroxyl groups is 1. The fraction of sp³-hybridized carbons (Fsp3) is 0.400. The van der Waals surface area contributed by atoms with Crippen molar-refractivity contribution in [2.75, 3.05) is 5.73 Å². The second kappa shape index (κ2) is 5.38. The van der Waals surface area contributed by atoms with Crippen LogP contribution in [-0.4, -0.2) is 52.1 Å². The van der Waals surface area contributed by atoms with Gasteiger partial charge < -0.3 is 25.4 Å². The maximum Gasteiger partial charge on any atom is 0.348 e. The highest BCUT2D eigenvalue weighted by Crippen LogP contribution is 2.38. The van der Waals surface area contributed by atoms with E-state index < -0.39 is 26.0 Å². The Morgan fingerprint density at radius 2 is 2.23 bits per heavy atom. The molecule has 1 aliphatic heterocycles. The third-order valence-electron chi connectivity index (χ3n) is 3.14. The monoisotopic (exact) mass is 328 g/mol. The highest BCUT2D eigenvalue weighted by atomic mass is 31.2. The molecule has 0 radical (unpaired) electrons. The molecule has 11 nitrogen and oxygen atoms in total. The Morgan fingerprint density at radius 3 is 2.95 bits per heavy atom. The molecule has 3 heterocycles. The number of hydrogen-bond acceptors (Lipinski definition) is 8. The summed E-state index contributed by atoms with van der Waals surface area (Å²) >= 11 is 0. The molecule has 1 saturated heterocycles. The number of ether oxygens (including phenoxy) is 1. The number of aromatic nitrogens is 5. The molecule has 2 aromatic rings. The maximum atomic E-state index is 10.8. The number of hydrogen-bond donors (Lipinski definition) is 4. The summed E-state index contributed by atoms with van der Waals surface area (Å²) in [5, 5.41) is 17.8. The number of nitrogen functional groups attached to an aromatic ring is 1. The van der Waals surface area contributed by atoms with Crippen LogP contribution in [0.1, 0.15) is 12.6 Å². The first-order valence-electron chi connectivity index (χ1n) is 6.24. The summed E-state index contributed by atoms with van der Waals surface area (Å²) in [6, 6.07) is 0. The average Bonchev–Trinajstić information content (AvgIpc) is 3.00. The first kappa shape index (κ1) is 15.0. The Hall–Kier alpha value is -1.91. The minimum absolute atomic E-state index is 0.154. The first-order valence-corrected chi connectivity index (χ1v) is 7.93. The van der Waals surface area contributed by atoms with Gasteiger partial charge in [-0.15, -0.1) is 5.10 Å². The second-order valence-electron chi connectivity index (χ2n) is 4.76. The molecular weight excluding hydrogens is 315 g/mol. The van der Waals surface area contributed by atoms with Crippen LogP contribution in [0.3, 0.4) is 0 Å². The molecule has 2 aromatic heterocycles. The van der Waals surface area contributed by atoms with Crippen LogP contribution < -0.4 is 5.73 Å². The molecule has 1 fully saturated rings. The molecule has 0 aliphatic carbocycles. The van der Waals surface area contributed by atoms with Gasteiger partial charge in [-0.3, -0.25) is 4.57 Å². The first-order chi connectivity index (χ1) is 10.3. The van der Waals surface area contributed by atoms with Crippen molar-refractivity contribution in [1.29, 1.82) is 0 Å². The molecule has 118 valence electrons. The Morgan fingerprint density at radius 1 is 1.45 bits per heavy atom. The number of nitrogens with two attached hydrogens (primary N) is 1. The highest BCUT2D eigenvalue weighted by molar-refractivity contribution is 7.55. The van der Waals surface area contributed by atoms with E-state index >= 15 is 0 Å². The van der Waals surface area contributed by atoms with Crippen LogP contribution in [0.15, 0.2) is 18.2 Å². The molecule has 22 heavy (non-hydrogen) atoms. The summed E-state index contributed by atoms with van der Waals surface area (Å²) in [5.41, 5.74) is 6.24. The molecule has 0 aromatic carbocycles. The third kappa shape index (κ3) is 2.85. The topological polar surface area (TPSA) is 169 Å². The normalized spacial score (nSPS) is 26.2. The van der Waals surface area contributed by atoms with Crippen molar-refractivity contribution in [2.24, 2.45) is 0 Å². The van der Waals surface area contributed by atoms with Gasteiger partial charge in [0.2, 0.25) is 0 Å². The number of nitrogens with zero attached hydrogens (tertiary/aromatic N) is 5. The molecule has 0 bridgehead atoms. The zero-order valence-corrected chi connectivity index (χ0v) is 12.0. The van der Waals surface area contributed by atoms with Gasteiger partial charge in [0.15, 0.2) is 23.2 Å². The zero-order valence-electron chi connectivity index (χ0n) is 11.1. The Bertz CT molecular complexity index is 772.